The van der Waals surface area contributed by atoms with Gasteiger partial charge in [-0.1, -0.05) is 48.5 Å². The van der Waals surface area contributed by atoms with Gasteiger partial charge in [-0.25, -0.2) is 0 Å². The van der Waals surface area contributed by atoms with Crippen LogP contribution >= 0.6 is 24.0 Å². The smallest absolute Gasteiger partial charge is 0.256 e. The summed E-state index contributed by atoms with van der Waals surface area (Å²) in [5, 5.41) is 2.88. The third-order valence-electron chi connectivity index (χ3n) is 3.64. The summed E-state index contributed by atoms with van der Waals surface area (Å²) in [7, 11) is 0. The van der Waals surface area contributed by atoms with Gasteiger partial charge in [0.1, 0.15) is 11.0 Å². The molecule has 0 aliphatic carbocycles. The van der Waals surface area contributed by atoms with E-state index in [-0.39, 0.29) is 5.91 Å². The second-order valence-corrected chi connectivity index (χ2v) is 7.18. The molecule has 2 aromatic carbocycles. The number of carbonyl (C=O) groups excluding carboxylic acids is 1. The van der Waals surface area contributed by atoms with E-state index >= 15 is 0 Å². The van der Waals surface area contributed by atoms with Crippen LogP contribution in [0, 0.1) is 0 Å². The van der Waals surface area contributed by atoms with Gasteiger partial charge in [-0.2, -0.15) is 0 Å². The van der Waals surface area contributed by atoms with E-state index in [0.717, 1.165) is 16.2 Å². The minimum Gasteiger partial charge on any atom is -0.467 e. The van der Waals surface area contributed by atoms with Gasteiger partial charge in [0.05, 0.1) is 12.8 Å². The van der Waals surface area contributed by atoms with E-state index in [1.54, 1.807) is 12.3 Å². The molecular formula is C20H19N3O2S2. The molecule has 0 bridgehead atoms. The first-order valence-corrected chi connectivity index (χ1v) is 9.64. The number of thiocarbonyl (C=S) groups is 1. The third-order valence-corrected chi connectivity index (χ3v) is 5.15. The Morgan fingerprint density at radius 1 is 0.963 bits per heavy atom. The molecule has 0 fully saturated rings. The van der Waals surface area contributed by atoms with Crippen molar-refractivity contribution in [2.24, 2.45) is 0 Å². The van der Waals surface area contributed by atoms with Gasteiger partial charge in [0.25, 0.3) is 5.91 Å². The van der Waals surface area contributed by atoms with Crippen LogP contribution in [0.15, 0.2) is 88.4 Å². The van der Waals surface area contributed by atoms with Crippen molar-refractivity contribution in [3.05, 3.63) is 90.4 Å². The second-order valence-electron chi connectivity index (χ2n) is 5.60. The zero-order valence-corrected chi connectivity index (χ0v) is 16.1. The molecule has 0 saturated carbocycles. The molecule has 27 heavy (non-hydrogen) atoms. The highest BCUT2D eigenvalue weighted by atomic mass is 32.2. The van der Waals surface area contributed by atoms with Gasteiger partial charge in [0, 0.05) is 4.90 Å². The summed E-state index contributed by atoms with van der Waals surface area (Å²) in [6.45, 7) is 0.440. The largest absolute Gasteiger partial charge is 0.467 e. The molecule has 3 rings (SSSR count). The molecule has 1 atom stereocenters. The maximum absolute atomic E-state index is 12.8. The van der Waals surface area contributed by atoms with E-state index in [4.69, 9.17) is 16.6 Å². The fourth-order valence-corrected chi connectivity index (χ4v) is 3.51. The van der Waals surface area contributed by atoms with E-state index < -0.39 is 5.25 Å². The quantitative estimate of drug-likeness (QED) is 0.334. The van der Waals surface area contributed by atoms with Crippen molar-refractivity contribution in [2.75, 3.05) is 0 Å². The van der Waals surface area contributed by atoms with Crippen LogP contribution in [0.2, 0.25) is 0 Å². The zero-order valence-electron chi connectivity index (χ0n) is 14.4. The summed E-state index contributed by atoms with van der Waals surface area (Å²) in [5.41, 5.74) is 6.35. The van der Waals surface area contributed by atoms with Crippen molar-refractivity contribution in [3.8, 4) is 0 Å². The lowest BCUT2D eigenvalue weighted by Gasteiger charge is -2.18. The molecule has 0 saturated heterocycles. The van der Waals surface area contributed by atoms with Gasteiger partial charge in [-0.15, -0.1) is 11.8 Å². The number of rotatable bonds is 6. The van der Waals surface area contributed by atoms with Crippen molar-refractivity contribution >= 4 is 35.0 Å². The predicted octanol–water partition coefficient (Wildman–Crippen LogP) is 3.81. The lowest BCUT2D eigenvalue weighted by atomic mass is 10.1. The monoisotopic (exact) mass is 397 g/mol. The Kier molecular flexibility index (Phi) is 6.90. The highest BCUT2D eigenvalue weighted by Gasteiger charge is 2.22. The first-order valence-electron chi connectivity index (χ1n) is 8.35. The van der Waals surface area contributed by atoms with Crippen molar-refractivity contribution in [3.63, 3.8) is 0 Å². The minimum atomic E-state index is -0.408. The number of nitrogens with one attached hydrogen (secondary N) is 3. The van der Waals surface area contributed by atoms with E-state index in [1.165, 1.54) is 11.8 Å². The normalized spacial score (nSPS) is 11.4. The van der Waals surface area contributed by atoms with E-state index in [1.807, 2.05) is 66.7 Å². The number of hydrazine groups is 1. The van der Waals surface area contributed by atoms with Crippen molar-refractivity contribution in [2.45, 2.75) is 16.7 Å². The Hall–Kier alpha value is -2.77. The standard InChI is InChI=1S/C20H19N3O2S2/c24-19(22-23-20(26)21-14-16-10-7-13-25-16)18(15-8-3-1-4-9-15)27-17-11-5-2-6-12-17/h1-13,18H,14H2,(H,22,24)(H2,21,23,26)/t18-/m0/s1. The molecule has 1 amide bonds. The average molecular weight is 398 g/mol. The summed E-state index contributed by atoms with van der Waals surface area (Å²) in [5.74, 6) is 0.574. The first kappa shape index (κ1) is 19.0. The fourth-order valence-electron chi connectivity index (χ4n) is 2.34. The molecule has 5 nitrogen and oxygen atoms in total. The number of hydrogen-bond acceptors (Lipinski definition) is 4. The van der Waals surface area contributed by atoms with Crippen LogP contribution in [0.4, 0.5) is 0 Å². The number of benzene rings is 2. The molecule has 0 radical (unpaired) electrons. The Labute approximate surface area is 167 Å². The van der Waals surface area contributed by atoms with E-state index in [9.17, 15) is 4.79 Å². The Morgan fingerprint density at radius 2 is 1.67 bits per heavy atom. The molecule has 0 aliphatic rings. The highest BCUT2D eigenvalue weighted by molar-refractivity contribution is 8.00. The zero-order chi connectivity index (χ0) is 18.9. The predicted molar refractivity (Wildman–Crippen MR) is 111 cm³/mol. The number of furan rings is 1. The molecule has 0 unspecified atom stereocenters. The summed E-state index contributed by atoms with van der Waals surface area (Å²) in [4.78, 5) is 13.8. The van der Waals surface area contributed by atoms with Crippen LogP contribution in [-0.2, 0) is 11.3 Å². The van der Waals surface area contributed by atoms with E-state index in [0.29, 0.717) is 11.7 Å². The maximum atomic E-state index is 12.8. The number of carbonyl (C=O) groups is 1. The summed E-state index contributed by atoms with van der Waals surface area (Å²) in [6, 6.07) is 23.1. The van der Waals surface area contributed by atoms with Crippen molar-refractivity contribution in [1.82, 2.24) is 16.2 Å². The van der Waals surface area contributed by atoms with Crippen molar-refractivity contribution in [1.29, 1.82) is 0 Å². The summed E-state index contributed by atoms with van der Waals surface area (Å²) in [6.07, 6.45) is 1.60. The maximum Gasteiger partial charge on any atom is 0.256 e. The summed E-state index contributed by atoms with van der Waals surface area (Å²) >= 11 is 6.68. The SMILES string of the molecule is O=C(NNC(=S)NCc1ccco1)[C@@H](Sc1ccccc1)c1ccccc1. The Balaban J connectivity index is 1.59. The van der Waals surface area contributed by atoms with E-state index in [2.05, 4.69) is 16.2 Å². The number of thioether (sulfide) groups is 1. The van der Waals surface area contributed by atoms with Crippen LogP contribution in [0.25, 0.3) is 0 Å². The van der Waals surface area contributed by atoms with Gasteiger partial charge >= 0.3 is 0 Å². The number of hydrogen-bond donors (Lipinski definition) is 3. The molecular weight excluding hydrogens is 378 g/mol. The van der Waals surface area contributed by atoms with Crippen LogP contribution < -0.4 is 16.2 Å². The van der Waals surface area contributed by atoms with Gasteiger partial charge in [0.15, 0.2) is 5.11 Å². The van der Waals surface area contributed by atoms with Gasteiger partial charge in [-0.05, 0) is 42.0 Å². The second kappa shape index (κ2) is 9.80. The van der Waals surface area contributed by atoms with Crippen LogP contribution in [0.5, 0.6) is 0 Å². The highest BCUT2D eigenvalue weighted by Crippen LogP contribution is 2.35. The molecule has 1 heterocycles. The van der Waals surface area contributed by atoms with Crippen molar-refractivity contribution < 1.29 is 9.21 Å². The molecule has 138 valence electrons. The first-order chi connectivity index (χ1) is 13.2. The molecule has 3 N–H and O–H groups in total. The molecule has 0 aliphatic heterocycles. The molecule has 0 spiro atoms. The molecule has 7 heteroatoms. The van der Waals surface area contributed by atoms with Gasteiger partial charge in [-0.3, -0.25) is 15.6 Å². The van der Waals surface area contributed by atoms with Crippen LogP contribution in [-0.4, -0.2) is 11.0 Å². The number of amides is 1. The third kappa shape index (κ3) is 5.87. The van der Waals surface area contributed by atoms with Gasteiger partial charge < -0.3 is 9.73 Å². The van der Waals surface area contributed by atoms with Crippen LogP contribution in [0.1, 0.15) is 16.6 Å². The topological polar surface area (TPSA) is 66.3 Å². The average Bonchev–Trinajstić information content (AvgIpc) is 3.24. The minimum absolute atomic E-state index is 0.183. The fraction of sp³-hybridized carbons (Fsp3) is 0.100. The lowest BCUT2D eigenvalue weighted by Crippen LogP contribution is -2.47. The van der Waals surface area contributed by atoms with Gasteiger partial charge in [0.2, 0.25) is 0 Å². The lowest BCUT2D eigenvalue weighted by molar-refractivity contribution is -0.121. The Bertz CT molecular complexity index is 855. The molecule has 1 aromatic heterocycles. The Morgan fingerprint density at radius 3 is 2.33 bits per heavy atom. The molecule has 3 aromatic rings. The van der Waals surface area contributed by atoms with Crippen LogP contribution in [0.3, 0.4) is 0 Å². The summed E-state index contributed by atoms with van der Waals surface area (Å²) < 4.78 is 5.23.